The van der Waals surface area contributed by atoms with E-state index in [4.69, 9.17) is 14.3 Å². The van der Waals surface area contributed by atoms with Crippen LogP contribution in [0.25, 0.3) is 22.1 Å². The van der Waals surface area contributed by atoms with Gasteiger partial charge in [0.05, 0.1) is 16.5 Å². The fourth-order valence-electron chi connectivity index (χ4n) is 3.24. The number of aromatic carboxylic acids is 1. The molecule has 0 saturated carbocycles. The molecule has 162 valence electrons. The van der Waals surface area contributed by atoms with Crippen LogP contribution in [-0.2, 0) is 17.6 Å². The SMILES string of the molecule is CS(=O)Nc1ccc(-c2coc3cc(OCc4cccc(C(=O)O)c4)ccc3c2=O)cc1. The van der Waals surface area contributed by atoms with E-state index < -0.39 is 17.0 Å². The molecule has 0 aliphatic heterocycles. The topological polar surface area (TPSA) is 106 Å². The average molecular weight is 449 g/mol. The first-order valence-corrected chi connectivity index (χ1v) is 11.2. The highest BCUT2D eigenvalue weighted by Gasteiger charge is 2.11. The fraction of sp³-hybridized carbons (Fsp3) is 0.0833. The van der Waals surface area contributed by atoms with Gasteiger partial charge in [0.2, 0.25) is 0 Å². The molecule has 0 fully saturated rings. The van der Waals surface area contributed by atoms with E-state index in [1.54, 1.807) is 60.7 Å². The summed E-state index contributed by atoms with van der Waals surface area (Å²) in [6.07, 6.45) is 2.95. The second-order valence-electron chi connectivity index (χ2n) is 7.06. The second kappa shape index (κ2) is 9.07. The standard InChI is InChI=1S/C24H19NO6S/c1-32(29)25-18-7-5-16(6-8-18)21-14-31-22-12-19(9-10-20(22)23(21)26)30-13-15-3-2-4-17(11-15)24(27)28/h2-12,14,25H,13H2,1H3,(H,27,28). The monoisotopic (exact) mass is 449 g/mol. The molecule has 0 saturated heterocycles. The summed E-state index contributed by atoms with van der Waals surface area (Å²) in [5, 5.41) is 9.51. The third kappa shape index (κ3) is 4.70. The van der Waals surface area contributed by atoms with Gasteiger partial charge in [0.1, 0.15) is 35.2 Å². The Bertz CT molecular complexity index is 1380. The Hall–Kier alpha value is -3.91. The van der Waals surface area contributed by atoms with Gasteiger partial charge in [-0.25, -0.2) is 9.00 Å². The third-order valence-electron chi connectivity index (χ3n) is 4.78. The lowest BCUT2D eigenvalue weighted by molar-refractivity contribution is 0.0696. The summed E-state index contributed by atoms with van der Waals surface area (Å²) in [4.78, 5) is 24.1. The van der Waals surface area contributed by atoms with Crippen molar-refractivity contribution < 1.29 is 23.3 Å². The molecular weight excluding hydrogens is 430 g/mol. The van der Waals surface area contributed by atoms with Crippen LogP contribution in [0.2, 0.25) is 0 Å². The molecule has 0 aliphatic rings. The lowest BCUT2D eigenvalue weighted by Crippen LogP contribution is -2.05. The van der Waals surface area contributed by atoms with Gasteiger partial charge in [-0.3, -0.25) is 4.79 Å². The van der Waals surface area contributed by atoms with Crippen molar-refractivity contribution in [2.24, 2.45) is 0 Å². The summed E-state index contributed by atoms with van der Waals surface area (Å²) in [5.74, 6) is -0.501. The van der Waals surface area contributed by atoms with Gasteiger partial charge in [-0.15, -0.1) is 0 Å². The normalized spacial score (nSPS) is 11.8. The maximum Gasteiger partial charge on any atom is 0.335 e. The van der Waals surface area contributed by atoms with E-state index in [1.807, 2.05) is 0 Å². The second-order valence-corrected chi connectivity index (χ2v) is 8.18. The van der Waals surface area contributed by atoms with Gasteiger partial charge in [0.25, 0.3) is 0 Å². The fourth-order valence-corrected chi connectivity index (χ4v) is 3.71. The summed E-state index contributed by atoms with van der Waals surface area (Å²) < 4.78 is 25.5. The molecular formula is C24H19NO6S. The molecule has 8 heteroatoms. The number of carbonyl (C=O) groups is 1. The van der Waals surface area contributed by atoms with Crippen molar-refractivity contribution in [1.82, 2.24) is 0 Å². The van der Waals surface area contributed by atoms with Gasteiger partial charge >= 0.3 is 5.97 Å². The Morgan fingerprint density at radius 2 is 1.88 bits per heavy atom. The minimum absolute atomic E-state index is 0.174. The van der Waals surface area contributed by atoms with Crippen LogP contribution in [0.1, 0.15) is 15.9 Å². The summed E-state index contributed by atoms with van der Waals surface area (Å²) in [6.45, 7) is 0.178. The number of hydrogen-bond acceptors (Lipinski definition) is 5. The molecule has 0 spiro atoms. The summed E-state index contributed by atoms with van der Waals surface area (Å²) in [5.41, 5.74) is 2.91. The highest BCUT2D eigenvalue weighted by molar-refractivity contribution is 7.85. The van der Waals surface area contributed by atoms with E-state index in [0.717, 1.165) is 0 Å². The van der Waals surface area contributed by atoms with Gasteiger partial charge in [-0.05, 0) is 47.5 Å². The molecule has 4 rings (SSSR count). The van der Waals surface area contributed by atoms with Gasteiger partial charge < -0.3 is 19.0 Å². The smallest absolute Gasteiger partial charge is 0.335 e. The molecule has 1 atom stereocenters. The molecule has 4 aromatic rings. The first-order chi connectivity index (χ1) is 15.4. The van der Waals surface area contributed by atoms with E-state index in [1.165, 1.54) is 18.6 Å². The number of ether oxygens (including phenoxy) is 1. The Labute approximate surface area is 185 Å². The van der Waals surface area contributed by atoms with E-state index >= 15 is 0 Å². The Morgan fingerprint density at radius 1 is 1.09 bits per heavy atom. The van der Waals surface area contributed by atoms with Gasteiger partial charge in [0.15, 0.2) is 5.43 Å². The lowest BCUT2D eigenvalue weighted by atomic mass is 10.1. The summed E-state index contributed by atoms with van der Waals surface area (Å²) >= 11 is 0. The zero-order valence-electron chi connectivity index (χ0n) is 17.0. The predicted molar refractivity (Wildman–Crippen MR) is 123 cm³/mol. The molecule has 1 heterocycles. The van der Waals surface area contributed by atoms with Crippen molar-refractivity contribution in [3.05, 3.63) is 94.3 Å². The molecule has 0 bridgehead atoms. The maximum atomic E-state index is 13.0. The number of rotatable bonds is 7. The molecule has 32 heavy (non-hydrogen) atoms. The number of carboxylic acid groups (broad SMARTS) is 1. The van der Waals surface area contributed by atoms with Crippen molar-refractivity contribution in [1.29, 1.82) is 0 Å². The average Bonchev–Trinajstić information content (AvgIpc) is 2.78. The molecule has 7 nitrogen and oxygen atoms in total. The number of hydrogen-bond donors (Lipinski definition) is 2. The van der Waals surface area contributed by atoms with Crippen molar-refractivity contribution in [3.63, 3.8) is 0 Å². The first kappa shape index (κ1) is 21.3. The molecule has 0 radical (unpaired) electrons. The first-order valence-electron chi connectivity index (χ1n) is 9.62. The van der Waals surface area contributed by atoms with Crippen LogP contribution in [0, 0.1) is 0 Å². The Balaban J connectivity index is 1.56. The van der Waals surface area contributed by atoms with Crippen LogP contribution < -0.4 is 14.9 Å². The number of anilines is 1. The van der Waals surface area contributed by atoms with Crippen molar-refractivity contribution in [2.75, 3.05) is 11.0 Å². The summed E-state index contributed by atoms with van der Waals surface area (Å²) in [6, 6.07) is 18.5. The Kier molecular flexibility index (Phi) is 6.04. The lowest BCUT2D eigenvalue weighted by Gasteiger charge is -2.09. The van der Waals surface area contributed by atoms with Gasteiger partial charge in [0, 0.05) is 18.0 Å². The zero-order valence-corrected chi connectivity index (χ0v) is 17.8. The predicted octanol–water partition coefficient (Wildman–Crippen LogP) is 4.44. The molecule has 0 aliphatic carbocycles. The van der Waals surface area contributed by atoms with E-state index in [2.05, 4.69) is 4.72 Å². The van der Waals surface area contributed by atoms with Crippen molar-refractivity contribution in [3.8, 4) is 16.9 Å². The third-order valence-corrected chi connectivity index (χ3v) is 5.31. The number of nitrogens with one attached hydrogen (secondary N) is 1. The van der Waals surface area contributed by atoms with Crippen LogP contribution in [0.4, 0.5) is 5.69 Å². The van der Waals surface area contributed by atoms with Gasteiger partial charge in [-0.1, -0.05) is 24.3 Å². The molecule has 0 amide bonds. The van der Waals surface area contributed by atoms with Crippen LogP contribution in [0.5, 0.6) is 5.75 Å². The van der Waals surface area contributed by atoms with E-state index in [9.17, 15) is 13.8 Å². The molecule has 1 aromatic heterocycles. The van der Waals surface area contributed by atoms with Gasteiger partial charge in [-0.2, -0.15) is 0 Å². The molecule has 3 aromatic carbocycles. The minimum Gasteiger partial charge on any atom is -0.489 e. The molecule has 2 N–H and O–H groups in total. The number of benzene rings is 3. The largest absolute Gasteiger partial charge is 0.489 e. The minimum atomic E-state index is -1.18. The number of carboxylic acids is 1. The van der Waals surface area contributed by atoms with Crippen LogP contribution in [-0.4, -0.2) is 21.5 Å². The van der Waals surface area contributed by atoms with Crippen LogP contribution in [0.15, 0.2) is 82.2 Å². The van der Waals surface area contributed by atoms with Crippen LogP contribution >= 0.6 is 0 Å². The quantitative estimate of drug-likeness (QED) is 0.432. The van der Waals surface area contributed by atoms with E-state index in [-0.39, 0.29) is 17.6 Å². The maximum absolute atomic E-state index is 13.0. The van der Waals surface area contributed by atoms with E-state index in [0.29, 0.717) is 39.1 Å². The zero-order chi connectivity index (χ0) is 22.7. The van der Waals surface area contributed by atoms with Crippen LogP contribution in [0.3, 0.4) is 0 Å². The van der Waals surface area contributed by atoms with Crippen molar-refractivity contribution in [2.45, 2.75) is 6.61 Å². The highest BCUT2D eigenvalue weighted by Crippen LogP contribution is 2.25. The van der Waals surface area contributed by atoms with Crippen molar-refractivity contribution >= 4 is 33.6 Å². The highest BCUT2D eigenvalue weighted by atomic mass is 32.2. The molecule has 1 unspecified atom stereocenters. The summed E-state index contributed by atoms with van der Waals surface area (Å²) in [7, 11) is -1.18. The number of fused-ring (bicyclic) bond motifs is 1. The Morgan fingerprint density at radius 3 is 2.59 bits per heavy atom.